The van der Waals surface area contributed by atoms with Crippen molar-refractivity contribution in [2.75, 3.05) is 11.5 Å². The van der Waals surface area contributed by atoms with Gasteiger partial charge in [-0.25, -0.2) is 4.90 Å². The molecule has 4 aliphatic rings. The van der Waals surface area contributed by atoms with Crippen LogP contribution in [0.15, 0.2) is 102 Å². The average molecular weight is 513 g/mol. The van der Waals surface area contributed by atoms with E-state index in [4.69, 9.17) is 9.73 Å². The van der Waals surface area contributed by atoms with E-state index in [2.05, 4.69) is 24.3 Å². The van der Waals surface area contributed by atoms with Gasteiger partial charge >= 0.3 is 0 Å². The third-order valence-electron chi connectivity index (χ3n) is 8.54. The van der Waals surface area contributed by atoms with Gasteiger partial charge in [0.25, 0.3) is 0 Å². The summed E-state index contributed by atoms with van der Waals surface area (Å²) in [6.07, 6.45) is 1.94. The van der Waals surface area contributed by atoms with Crippen LogP contribution in [0.25, 0.3) is 0 Å². The second-order valence-corrected chi connectivity index (χ2v) is 10.6. The zero-order valence-corrected chi connectivity index (χ0v) is 21.9. The molecular formula is C34H28N2O3. The molecule has 0 saturated carbocycles. The Labute approximate surface area is 227 Å². The van der Waals surface area contributed by atoms with E-state index < -0.39 is 17.3 Å². The summed E-state index contributed by atoms with van der Waals surface area (Å²) in [5.41, 5.74) is 5.98. The van der Waals surface area contributed by atoms with E-state index in [1.807, 2.05) is 80.7 Å². The lowest BCUT2D eigenvalue weighted by Gasteiger charge is -2.52. The lowest BCUT2D eigenvalue weighted by atomic mass is 9.47. The molecule has 4 aromatic carbocycles. The van der Waals surface area contributed by atoms with E-state index in [1.165, 1.54) is 4.90 Å². The summed E-state index contributed by atoms with van der Waals surface area (Å²) < 4.78 is 5.59. The number of aryl methyl sites for hydroxylation is 1. The summed E-state index contributed by atoms with van der Waals surface area (Å²) in [5, 5.41) is 0. The Balaban J connectivity index is 1.44. The van der Waals surface area contributed by atoms with Crippen molar-refractivity contribution in [1.82, 2.24) is 0 Å². The normalized spacial score (nSPS) is 24.6. The first kappa shape index (κ1) is 23.6. The highest BCUT2D eigenvalue weighted by molar-refractivity contribution is 6.25. The lowest BCUT2D eigenvalue weighted by Crippen LogP contribution is -2.54. The third-order valence-corrected chi connectivity index (χ3v) is 8.54. The number of nitrogens with zero attached hydrogens (tertiary/aromatic N) is 2. The molecule has 1 aliphatic heterocycles. The van der Waals surface area contributed by atoms with Gasteiger partial charge < -0.3 is 4.74 Å². The van der Waals surface area contributed by atoms with Crippen molar-refractivity contribution in [2.24, 2.45) is 16.8 Å². The molecule has 1 saturated heterocycles. The number of ether oxygens (including phenoxy) is 1. The molecule has 192 valence electrons. The maximum atomic E-state index is 14.4. The van der Waals surface area contributed by atoms with Crippen LogP contribution < -0.4 is 9.64 Å². The zero-order chi connectivity index (χ0) is 26.7. The summed E-state index contributed by atoms with van der Waals surface area (Å²) in [5.74, 6) is -0.936. The van der Waals surface area contributed by atoms with E-state index in [1.54, 1.807) is 12.1 Å². The number of amides is 2. The Morgan fingerprint density at radius 2 is 1.44 bits per heavy atom. The van der Waals surface area contributed by atoms with E-state index in [0.29, 0.717) is 18.0 Å². The molecule has 2 bridgehead atoms. The van der Waals surface area contributed by atoms with Gasteiger partial charge in [0.05, 0.1) is 35.2 Å². The molecule has 39 heavy (non-hydrogen) atoms. The fourth-order valence-electron chi connectivity index (χ4n) is 6.97. The van der Waals surface area contributed by atoms with Gasteiger partial charge in [-0.3, -0.25) is 14.6 Å². The number of anilines is 1. The van der Waals surface area contributed by atoms with Gasteiger partial charge in [-0.05, 0) is 72.5 Å². The van der Waals surface area contributed by atoms with Crippen molar-refractivity contribution in [1.29, 1.82) is 0 Å². The van der Waals surface area contributed by atoms with E-state index in [0.717, 1.165) is 33.5 Å². The molecule has 0 aromatic heterocycles. The van der Waals surface area contributed by atoms with E-state index in [9.17, 15) is 9.59 Å². The Hall–Kier alpha value is -4.51. The van der Waals surface area contributed by atoms with E-state index >= 15 is 0 Å². The van der Waals surface area contributed by atoms with Crippen molar-refractivity contribution in [3.8, 4) is 5.75 Å². The van der Waals surface area contributed by atoms with Crippen LogP contribution in [0, 0.1) is 18.8 Å². The van der Waals surface area contributed by atoms with Crippen molar-refractivity contribution in [2.45, 2.75) is 25.2 Å². The van der Waals surface area contributed by atoms with Gasteiger partial charge in [-0.1, -0.05) is 66.2 Å². The van der Waals surface area contributed by atoms with Crippen LogP contribution in [0.3, 0.4) is 0 Å². The number of carbonyl (C=O) groups excluding carboxylic acids is 2. The van der Waals surface area contributed by atoms with Gasteiger partial charge in [0, 0.05) is 12.1 Å². The third kappa shape index (κ3) is 3.29. The van der Waals surface area contributed by atoms with Gasteiger partial charge in [-0.15, -0.1) is 0 Å². The number of imide groups is 1. The minimum atomic E-state index is -0.871. The molecular weight excluding hydrogens is 484 g/mol. The van der Waals surface area contributed by atoms with Crippen LogP contribution in [0.1, 0.15) is 40.7 Å². The van der Waals surface area contributed by atoms with Crippen molar-refractivity contribution in [3.63, 3.8) is 0 Å². The van der Waals surface area contributed by atoms with Crippen molar-refractivity contribution >= 4 is 29.4 Å². The predicted molar refractivity (Wildman–Crippen MR) is 152 cm³/mol. The fourth-order valence-corrected chi connectivity index (χ4v) is 6.97. The first-order chi connectivity index (χ1) is 19.0. The minimum absolute atomic E-state index is 0.156. The summed E-state index contributed by atoms with van der Waals surface area (Å²) in [4.78, 5) is 35.1. The molecule has 0 radical (unpaired) electrons. The second-order valence-electron chi connectivity index (χ2n) is 10.6. The smallest absolute Gasteiger partial charge is 0.239 e. The van der Waals surface area contributed by atoms with Gasteiger partial charge in [-0.2, -0.15) is 0 Å². The van der Waals surface area contributed by atoms with Crippen LogP contribution in [0.2, 0.25) is 0 Å². The number of hydrogen-bond acceptors (Lipinski definition) is 4. The molecule has 0 N–H and O–H groups in total. The molecule has 2 atom stereocenters. The molecule has 1 heterocycles. The minimum Gasteiger partial charge on any atom is -0.494 e. The molecule has 4 aromatic rings. The van der Waals surface area contributed by atoms with Crippen LogP contribution in [0.4, 0.5) is 11.4 Å². The zero-order valence-electron chi connectivity index (χ0n) is 21.9. The Kier molecular flexibility index (Phi) is 5.31. The summed E-state index contributed by atoms with van der Waals surface area (Å²) >= 11 is 0. The molecule has 1 fully saturated rings. The summed E-state index contributed by atoms with van der Waals surface area (Å²) in [6.45, 7) is 4.52. The average Bonchev–Trinajstić information content (AvgIpc) is 3.24. The topological polar surface area (TPSA) is 59.0 Å². The molecule has 2 amide bonds. The second kappa shape index (κ2) is 8.77. The number of rotatable bonds is 5. The number of hydrogen-bond donors (Lipinski definition) is 0. The molecule has 5 nitrogen and oxygen atoms in total. The summed E-state index contributed by atoms with van der Waals surface area (Å²) in [7, 11) is 0. The first-order valence-corrected chi connectivity index (χ1v) is 13.5. The highest BCUT2D eigenvalue weighted by Crippen LogP contribution is 2.63. The lowest BCUT2D eigenvalue weighted by molar-refractivity contribution is -0.122. The number of carbonyl (C=O) groups is 2. The fraction of sp³-hybridized carbons (Fsp3) is 0.206. The molecule has 8 rings (SSSR count). The quantitative estimate of drug-likeness (QED) is 0.231. The number of benzene rings is 4. The monoisotopic (exact) mass is 512 g/mol. The molecule has 5 heteroatoms. The van der Waals surface area contributed by atoms with Gasteiger partial charge in [0.2, 0.25) is 11.8 Å². The Morgan fingerprint density at radius 1 is 0.821 bits per heavy atom. The maximum Gasteiger partial charge on any atom is 0.239 e. The van der Waals surface area contributed by atoms with Gasteiger partial charge in [0.15, 0.2) is 0 Å². The predicted octanol–water partition coefficient (Wildman–Crippen LogP) is 6.35. The standard InChI is InChI=1S/C34H28N2O3/c1-3-39-24-18-16-23(17-19-24)36-32(37)30-29-25-8-4-6-10-27(25)34(31(30)33(36)38,28-11-7-5-9-26(28)29)20-35-22-14-12-21(2)13-15-22/h4-20,29-31H,3H2,1-2H3/t29?,30-,31-,34?/m0/s1. The van der Waals surface area contributed by atoms with Crippen LogP contribution in [-0.2, 0) is 15.0 Å². The van der Waals surface area contributed by atoms with Crippen LogP contribution in [0.5, 0.6) is 5.75 Å². The SMILES string of the molecule is CCOc1ccc(N2C(=O)[C@@H]3[C@@H](C2=O)C2c4ccccc4C3(C=Nc3ccc(C)cc3)c3ccccc32)cc1. The Morgan fingerprint density at radius 3 is 2.05 bits per heavy atom. The Bertz CT molecular complexity index is 1590. The van der Waals surface area contributed by atoms with Crippen molar-refractivity contribution < 1.29 is 14.3 Å². The number of aliphatic imine (C=N–C) groups is 1. The van der Waals surface area contributed by atoms with Gasteiger partial charge in [0.1, 0.15) is 5.75 Å². The highest BCUT2D eigenvalue weighted by atomic mass is 16.5. The molecule has 0 unspecified atom stereocenters. The first-order valence-electron chi connectivity index (χ1n) is 13.5. The largest absolute Gasteiger partial charge is 0.494 e. The highest BCUT2D eigenvalue weighted by Gasteiger charge is 2.67. The van der Waals surface area contributed by atoms with Crippen LogP contribution >= 0.6 is 0 Å². The summed E-state index contributed by atoms with van der Waals surface area (Å²) in [6, 6.07) is 31.8. The molecule has 0 spiro atoms. The molecule has 3 aliphatic carbocycles. The van der Waals surface area contributed by atoms with Crippen LogP contribution in [-0.4, -0.2) is 24.6 Å². The van der Waals surface area contributed by atoms with Crippen molar-refractivity contribution in [3.05, 3.63) is 125 Å². The van der Waals surface area contributed by atoms with E-state index in [-0.39, 0.29) is 17.7 Å². The maximum absolute atomic E-state index is 14.4.